The lowest BCUT2D eigenvalue weighted by molar-refractivity contribution is -0.514. The maximum Gasteiger partial charge on any atom is 0.209 e. The molecule has 0 aliphatic carbocycles. The van der Waals surface area contributed by atoms with Gasteiger partial charge in [0.05, 0.1) is 7.85 Å². The molecule has 122 valence electrons. The van der Waals surface area contributed by atoms with E-state index >= 15 is 0 Å². The summed E-state index contributed by atoms with van der Waals surface area (Å²) in [6.07, 6.45) is 1.27. The number of hydrogen-bond donors (Lipinski definition) is 0. The lowest BCUT2D eigenvalue weighted by Crippen LogP contribution is -2.32. The number of benzene rings is 1. The molecule has 0 fully saturated rings. The van der Waals surface area contributed by atoms with E-state index in [0.29, 0.717) is 17.3 Å². The van der Waals surface area contributed by atoms with Gasteiger partial charge in [-0.05, 0) is 17.4 Å². The molecule has 1 nitrogen and oxygen atoms in total. The lowest BCUT2D eigenvalue weighted by atomic mass is 9.74. The van der Waals surface area contributed by atoms with Crippen molar-refractivity contribution < 1.29 is 4.58 Å². The van der Waals surface area contributed by atoms with Gasteiger partial charge in [-0.15, -0.1) is 0 Å². The highest BCUT2D eigenvalue weighted by atomic mass is 15.1. The molecule has 0 saturated heterocycles. The summed E-state index contributed by atoms with van der Waals surface area (Å²) in [5.41, 5.74) is 6.95. The first-order valence-electron chi connectivity index (χ1n) is 8.26. The number of rotatable bonds is 3. The minimum atomic E-state index is 0.171. The van der Waals surface area contributed by atoms with Crippen molar-refractivity contribution in [2.45, 2.75) is 79.2 Å². The van der Waals surface area contributed by atoms with E-state index in [2.05, 4.69) is 78.2 Å². The third-order valence-corrected chi connectivity index (χ3v) is 4.46. The fourth-order valence-corrected chi connectivity index (χ4v) is 3.78. The zero-order chi connectivity index (χ0) is 16.9. The highest BCUT2D eigenvalue weighted by molar-refractivity contribution is 6.59. The molecular weight excluding hydrogens is 265 g/mol. The topological polar surface area (TPSA) is 3.01 Å². The van der Waals surface area contributed by atoms with Crippen LogP contribution < -0.4 is 0 Å². The molecule has 0 spiro atoms. The highest BCUT2D eigenvalue weighted by Gasteiger charge is 2.48. The minimum Gasteiger partial charge on any atom is -0.233 e. The minimum absolute atomic E-state index is 0.171. The van der Waals surface area contributed by atoms with Gasteiger partial charge >= 0.3 is 0 Å². The van der Waals surface area contributed by atoms with Gasteiger partial charge < -0.3 is 0 Å². The fourth-order valence-electron chi connectivity index (χ4n) is 3.78. The van der Waals surface area contributed by atoms with E-state index in [1.165, 1.54) is 23.2 Å². The molecule has 1 aliphatic rings. The van der Waals surface area contributed by atoms with Gasteiger partial charge in [0.1, 0.15) is 0 Å². The summed E-state index contributed by atoms with van der Waals surface area (Å²) >= 11 is 0. The van der Waals surface area contributed by atoms with Crippen LogP contribution in [0.5, 0.6) is 0 Å². The predicted molar refractivity (Wildman–Crippen MR) is 102 cm³/mol. The van der Waals surface area contributed by atoms with Gasteiger partial charge in [-0.1, -0.05) is 59.7 Å². The van der Waals surface area contributed by atoms with Crippen molar-refractivity contribution in [1.29, 1.82) is 0 Å². The van der Waals surface area contributed by atoms with Crippen LogP contribution >= 0.6 is 0 Å². The summed E-state index contributed by atoms with van der Waals surface area (Å²) in [5, 5.41) is 0. The van der Waals surface area contributed by atoms with E-state index in [1.807, 2.05) is 0 Å². The molecule has 2 heteroatoms. The summed E-state index contributed by atoms with van der Waals surface area (Å²) in [5.74, 6) is 1.14. The van der Waals surface area contributed by atoms with Crippen LogP contribution in [0.4, 0.5) is 5.69 Å². The van der Waals surface area contributed by atoms with Crippen LogP contribution in [0.3, 0.4) is 0 Å². The molecule has 1 heterocycles. The van der Waals surface area contributed by atoms with Crippen molar-refractivity contribution in [2.75, 3.05) is 0 Å². The normalized spacial score (nSPS) is 20.3. The molecule has 0 bridgehead atoms. The number of para-hydroxylation sites is 1. The molecule has 0 radical (unpaired) electrons. The molecule has 1 aromatic rings. The van der Waals surface area contributed by atoms with Crippen LogP contribution in [-0.2, 0) is 0 Å². The van der Waals surface area contributed by atoms with Crippen molar-refractivity contribution in [1.82, 2.24) is 0 Å². The van der Waals surface area contributed by atoms with Crippen LogP contribution in [0.2, 0.25) is 0 Å². The second-order valence-corrected chi connectivity index (χ2v) is 8.41. The number of nitrogens with zero attached hydrogens (tertiary/aromatic N) is 1. The van der Waals surface area contributed by atoms with Crippen molar-refractivity contribution in [3.63, 3.8) is 0 Å². The average molecular weight is 299 g/mol. The van der Waals surface area contributed by atoms with E-state index in [-0.39, 0.29) is 13.4 Å². The zero-order valence-corrected chi connectivity index (χ0v) is 15.0. The maximum atomic E-state index is 2.76. The smallest absolute Gasteiger partial charge is 0.209 e. The second-order valence-electron chi connectivity index (χ2n) is 8.41. The standard InChI is InChI=1S/C20H34BN/c1-13(2)15-10-9-11-16(14(3)4)17(15)22-18(21)19(5,6)12-20(22,7)8/h9-11,13-14H,12H2,1-8,21H3. The molecule has 0 saturated carbocycles. The van der Waals surface area contributed by atoms with Crippen LogP contribution in [0.1, 0.15) is 84.8 Å². The van der Waals surface area contributed by atoms with Gasteiger partial charge in [0.25, 0.3) is 0 Å². The Morgan fingerprint density at radius 3 is 1.73 bits per heavy atom. The van der Waals surface area contributed by atoms with Gasteiger partial charge in [-0.3, -0.25) is 0 Å². The SMILES string of the molecule is [BH3-]C1=[N+](c2c(C(C)C)cccc2C(C)C)C(C)(C)CC1(C)C. The Balaban J connectivity index is 2.83. The Bertz CT molecular complexity index is 580. The van der Waals surface area contributed by atoms with E-state index in [4.69, 9.17) is 0 Å². The molecule has 0 aromatic heterocycles. The first-order chi connectivity index (χ1) is 9.99. The summed E-state index contributed by atoms with van der Waals surface area (Å²) in [4.78, 5) is 0. The molecule has 1 aliphatic heterocycles. The molecule has 0 N–H and O–H groups in total. The van der Waals surface area contributed by atoms with Gasteiger partial charge in [0.15, 0.2) is 5.54 Å². The van der Waals surface area contributed by atoms with Gasteiger partial charge in [-0.2, -0.15) is 0 Å². The Labute approximate surface area is 138 Å². The third kappa shape index (κ3) is 2.77. The largest absolute Gasteiger partial charge is 0.233 e. The Morgan fingerprint density at radius 2 is 1.41 bits per heavy atom. The molecule has 1 aromatic carbocycles. The summed E-state index contributed by atoms with van der Waals surface area (Å²) in [6, 6.07) is 6.95. The number of hydrogen-bond acceptors (Lipinski definition) is 0. The molecule has 0 atom stereocenters. The van der Waals surface area contributed by atoms with Crippen molar-refractivity contribution in [3.8, 4) is 0 Å². The van der Waals surface area contributed by atoms with E-state index in [1.54, 1.807) is 5.61 Å². The van der Waals surface area contributed by atoms with Crippen LogP contribution in [-0.4, -0.2) is 23.6 Å². The Morgan fingerprint density at radius 1 is 0.955 bits per heavy atom. The fraction of sp³-hybridized carbons (Fsp3) is 0.650. The van der Waals surface area contributed by atoms with E-state index in [9.17, 15) is 0 Å². The molecule has 0 unspecified atom stereocenters. The molecule has 22 heavy (non-hydrogen) atoms. The summed E-state index contributed by atoms with van der Waals surface area (Å²) in [6.45, 7) is 19.1. The van der Waals surface area contributed by atoms with Crippen molar-refractivity contribution >= 4 is 19.1 Å². The first-order valence-corrected chi connectivity index (χ1v) is 8.26. The van der Waals surface area contributed by atoms with Gasteiger partial charge in [-0.25, -0.2) is 4.58 Å². The van der Waals surface area contributed by atoms with Crippen LogP contribution in [0.15, 0.2) is 18.2 Å². The monoisotopic (exact) mass is 299 g/mol. The molecule has 0 amide bonds. The van der Waals surface area contributed by atoms with Crippen molar-refractivity contribution in [2.24, 2.45) is 5.41 Å². The second kappa shape index (κ2) is 5.55. The van der Waals surface area contributed by atoms with Crippen LogP contribution in [0, 0.1) is 5.41 Å². The molecule has 2 rings (SSSR count). The van der Waals surface area contributed by atoms with E-state index in [0.717, 1.165) is 0 Å². The third-order valence-electron chi connectivity index (χ3n) is 4.46. The zero-order valence-electron chi connectivity index (χ0n) is 15.0. The maximum absolute atomic E-state index is 2.76. The summed E-state index contributed by atoms with van der Waals surface area (Å²) < 4.78 is 2.76. The first kappa shape index (κ1) is 17.3. The van der Waals surface area contributed by atoms with Gasteiger partial charge in [0.2, 0.25) is 5.69 Å². The summed E-state index contributed by atoms with van der Waals surface area (Å²) in [7, 11) is 0.171. The van der Waals surface area contributed by atoms with Crippen LogP contribution in [0.25, 0.3) is 0 Å². The average Bonchev–Trinajstić information content (AvgIpc) is 2.52. The highest BCUT2D eigenvalue weighted by Crippen LogP contribution is 2.45. The molecular formula is C20H34BN. The van der Waals surface area contributed by atoms with Crippen molar-refractivity contribution in [3.05, 3.63) is 29.3 Å². The Hall–Kier alpha value is -1.05. The van der Waals surface area contributed by atoms with E-state index < -0.39 is 0 Å². The lowest BCUT2D eigenvalue weighted by Gasteiger charge is -2.25. The predicted octanol–water partition coefficient (Wildman–Crippen LogP) is 4.55. The Kier molecular flexibility index (Phi) is 4.36. The quantitative estimate of drug-likeness (QED) is 0.569. The van der Waals surface area contributed by atoms with Gasteiger partial charge in [0, 0.05) is 36.8 Å².